The van der Waals surface area contributed by atoms with Gasteiger partial charge in [-0.2, -0.15) is 4.98 Å². The van der Waals surface area contributed by atoms with Crippen LogP contribution in [0, 0.1) is 0 Å². The number of rotatable bonds is 4. The van der Waals surface area contributed by atoms with Crippen molar-refractivity contribution < 1.29 is 4.52 Å². The molecule has 100 valence electrons. The number of hydrogen-bond donors (Lipinski definition) is 0. The summed E-state index contributed by atoms with van der Waals surface area (Å²) in [5, 5.41) is 4.06. The Morgan fingerprint density at radius 2 is 2.26 bits per heavy atom. The highest BCUT2D eigenvalue weighted by Gasteiger charge is 2.29. The van der Waals surface area contributed by atoms with Crippen LogP contribution in [0.4, 0.5) is 0 Å². The molecule has 19 heavy (non-hydrogen) atoms. The van der Waals surface area contributed by atoms with Crippen molar-refractivity contribution in [3.05, 3.63) is 39.1 Å². The van der Waals surface area contributed by atoms with Gasteiger partial charge in [-0.05, 0) is 12.8 Å². The molecule has 2 aromatic heterocycles. The van der Waals surface area contributed by atoms with Crippen molar-refractivity contribution in [3.63, 3.8) is 0 Å². The minimum Gasteiger partial charge on any atom is -0.337 e. The van der Waals surface area contributed by atoms with E-state index in [1.165, 1.54) is 6.07 Å². The zero-order valence-corrected chi connectivity index (χ0v) is 11.2. The highest BCUT2D eigenvalue weighted by Crippen LogP contribution is 2.38. The molecule has 1 saturated carbocycles. The lowest BCUT2D eigenvalue weighted by molar-refractivity contribution is 0.362. The molecule has 0 bridgehead atoms. The maximum atomic E-state index is 12.0. The van der Waals surface area contributed by atoms with Crippen molar-refractivity contribution in [2.75, 3.05) is 0 Å². The van der Waals surface area contributed by atoms with Gasteiger partial charge in [-0.1, -0.05) is 23.7 Å². The van der Waals surface area contributed by atoms with Crippen LogP contribution in [-0.2, 0) is 13.0 Å². The molecule has 2 aromatic rings. The quantitative estimate of drug-likeness (QED) is 0.798. The summed E-state index contributed by atoms with van der Waals surface area (Å²) in [7, 11) is 0. The van der Waals surface area contributed by atoms with E-state index in [-0.39, 0.29) is 17.3 Å². The molecule has 0 N–H and O–H groups in total. The molecule has 1 fully saturated rings. The first-order valence-corrected chi connectivity index (χ1v) is 6.64. The third-order valence-electron chi connectivity index (χ3n) is 3.07. The predicted octanol–water partition coefficient (Wildman–Crippen LogP) is 1.77. The minimum absolute atomic E-state index is 0.182. The van der Waals surface area contributed by atoms with Crippen LogP contribution in [0.2, 0.25) is 5.15 Å². The van der Waals surface area contributed by atoms with E-state index >= 15 is 0 Å². The monoisotopic (exact) mass is 280 g/mol. The zero-order valence-electron chi connectivity index (χ0n) is 10.5. The van der Waals surface area contributed by atoms with Gasteiger partial charge in [0.25, 0.3) is 5.56 Å². The van der Waals surface area contributed by atoms with Crippen LogP contribution in [0.1, 0.15) is 43.2 Å². The van der Waals surface area contributed by atoms with Crippen LogP contribution >= 0.6 is 11.6 Å². The van der Waals surface area contributed by atoms with Crippen molar-refractivity contribution >= 4 is 11.6 Å². The summed E-state index contributed by atoms with van der Waals surface area (Å²) in [6, 6.07) is 1.31. The van der Waals surface area contributed by atoms with Crippen molar-refractivity contribution in [3.8, 4) is 0 Å². The van der Waals surface area contributed by atoms with Crippen molar-refractivity contribution in [2.45, 2.75) is 38.6 Å². The van der Waals surface area contributed by atoms with E-state index in [0.717, 1.165) is 12.8 Å². The molecule has 0 aromatic carbocycles. The lowest BCUT2D eigenvalue weighted by Crippen LogP contribution is -2.24. The Morgan fingerprint density at radius 1 is 1.47 bits per heavy atom. The summed E-state index contributed by atoms with van der Waals surface area (Å²) in [6.07, 6.45) is 2.78. The van der Waals surface area contributed by atoms with Gasteiger partial charge in [-0.15, -0.1) is 0 Å². The second kappa shape index (κ2) is 4.77. The van der Waals surface area contributed by atoms with Crippen molar-refractivity contribution in [1.29, 1.82) is 0 Å². The van der Waals surface area contributed by atoms with Gasteiger partial charge in [0.1, 0.15) is 17.5 Å². The average Bonchev–Trinajstić information content (AvgIpc) is 3.12. The van der Waals surface area contributed by atoms with E-state index < -0.39 is 0 Å². The smallest absolute Gasteiger partial charge is 0.255 e. The van der Waals surface area contributed by atoms with Crippen LogP contribution < -0.4 is 5.56 Å². The molecule has 0 atom stereocenters. The highest BCUT2D eigenvalue weighted by atomic mass is 35.5. The Balaban J connectivity index is 1.97. The summed E-state index contributed by atoms with van der Waals surface area (Å²) in [4.78, 5) is 20.5. The Kier molecular flexibility index (Phi) is 3.10. The van der Waals surface area contributed by atoms with Gasteiger partial charge < -0.3 is 4.52 Å². The molecule has 0 unspecified atom stereocenters. The Hall–Kier alpha value is -1.69. The third-order valence-corrected chi connectivity index (χ3v) is 3.26. The molecular weight excluding hydrogens is 268 g/mol. The van der Waals surface area contributed by atoms with Gasteiger partial charge in [0.05, 0.1) is 0 Å². The normalized spacial score (nSPS) is 14.8. The number of hydrogen-bond acceptors (Lipinski definition) is 5. The highest BCUT2D eigenvalue weighted by molar-refractivity contribution is 6.29. The summed E-state index contributed by atoms with van der Waals surface area (Å²) >= 11 is 5.85. The molecule has 0 spiro atoms. The van der Waals surface area contributed by atoms with E-state index in [0.29, 0.717) is 29.9 Å². The fourth-order valence-electron chi connectivity index (χ4n) is 1.94. The SMILES string of the molecule is CCc1noc(Cn2c(C3CC3)nc(Cl)cc2=O)n1. The number of nitrogens with zero attached hydrogens (tertiary/aromatic N) is 4. The first kappa shape index (κ1) is 12.3. The molecule has 3 rings (SSSR count). The van der Waals surface area contributed by atoms with Gasteiger partial charge in [-0.25, -0.2) is 4.98 Å². The topological polar surface area (TPSA) is 73.8 Å². The van der Waals surface area contributed by atoms with Gasteiger partial charge >= 0.3 is 0 Å². The lowest BCUT2D eigenvalue weighted by Gasteiger charge is -2.08. The van der Waals surface area contributed by atoms with E-state index in [4.69, 9.17) is 16.1 Å². The summed E-state index contributed by atoms with van der Waals surface area (Å²) in [5.41, 5.74) is -0.182. The summed E-state index contributed by atoms with van der Waals surface area (Å²) in [6.45, 7) is 2.20. The molecule has 1 aliphatic carbocycles. The fraction of sp³-hybridized carbons (Fsp3) is 0.500. The van der Waals surface area contributed by atoms with Gasteiger partial charge in [0.2, 0.25) is 5.89 Å². The van der Waals surface area contributed by atoms with E-state index in [9.17, 15) is 4.79 Å². The zero-order chi connectivity index (χ0) is 13.4. The Labute approximate surface area is 114 Å². The fourth-order valence-corrected chi connectivity index (χ4v) is 2.12. The van der Waals surface area contributed by atoms with Crippen LogP contribution in [0.15, 0.2) is 15.4 Å². The average molecular weight is 281 g/mol. The predicted molar refractivity (Wildman–Crippen MR) is 68.3 cm³/mol. The van der Waals surface area contributed by atoms with Crippen molar-refractivity contribution in [1.82, 2.24) is 19.7 Å². The maximum Gasteiger partial charge on any atom is 0.255 e. The Bertz CT molecular complexity index is 660. The second-order valence-electron chi connectivity index (χ2n) is 4.59. The molecule has 0 saturated heterocycles. The molecular formula is C12H13ClN4O2. The van der Waals surface area contributed by atoms with Gasteiger partial charge in [-0.3, -0.25) is 9.36 Å². The molecule has 1 aliphatic rings. The second-order valence-corrected chi connectivity index (χ2v) is 4.98. The van der Waals surface area contributed by atoms with Crippen LogP contribution in [0.25, 0.3) is 0 Å². The van der Waals surface area contributed by atoms with Crippen LogP contribution in [-0.4, -0.2) is 19.7 Å². The first-order chi connectivity index (χ1) is 9.17. The van der Waals surface area contributed by atoms with Crippen LogP contribution in [0.3, 0.4) is 0 Å². The number of halogens is 1. The summed E-state index contributed by atoms with van der Waals surface area (Å²) < 4.78 is 6.68. The minimum atomic E-state index is -0.182. The molecule has 6 nitrogen and oxygen atoms in total. The van der Waals surface area contributed by atoms with Gasteiger partial charge in [0.15, 0.2) is 5.82 Å². The van der Waals surface area contributed by atoms with E-state index in [1.807, 2.05) is 6.92 Å². The Morgan fingerprint density at radius 3 is 2.89 bits per heavy atom. The van der Waals surface area contributed by atoms with Crippen LogP contribution in [0.5, 0.6) is 0 Å². The first-order valence-electron chi connectivity index (χ1n) is 6.26. The molecule has 0 radical (unpaired) electrons. The standard InChI is InChI=1S/C12H13ClN4O2/c1-2-9-15-10(19-16-9)6-17-11(18)5-8(13)14-12(17)7-3-4-7/h5,7H,2-4,6H2,1H3. The maximum absolute atomic E-state index is 12.0. The van der Waals surface area contributed by atoms with E-state index in [1.54, 1.807) is 4.57 Å². The van der Waals surface area contributed by atoms with Gasteiger partial charge in [0, 0.05) is 18.4 Å². The molecule has 0 amide bonds. The number of aromatic nitrogens is 4. The number of aryl methyl sites for hydroxylation is 1. The van der Waals surface area contributed by atoms with Crippen molar-refractivity contribution in [2.24, 2.45) is 0 Å². The third kappa shape index (κ3) is 2.53. The molecule has 7 heteroatoms. The largest absolute Gasteiger partial charge is 0.337 e. The van der Waals surface area contributed by atoms with E-state index in [2.05, 4.69) is 15.1 Å². The molecule has 0 aliphatic heterocycles. The molecule has 2 heterocycles. The summed E-state index contributed by atoms with van der Waals surface area (Å²) in [5.74, 6) is 2.09. The lowest BCUT2D eigenvalue weighted by atomic mass is 10.3.